The van der Waals surface area contributed by atoms with Gasteiger partial charge in [-0.2, -0.15) is 0 Å². The summed E-state index contributed by atoms with van der Waals surface area (Å²) in [7, 11) is 0. The molecule has 0 amide bonds. The molecule has 1 saturated carbocycles. The predicted octanol–water partition coefficient (Wildman–Crippen LogP) is 3.10. The number of likely N-dealkylation sites (tertiary alicyclic amines) is 1. The molecule has 6 heteroatoms. The molecule has 1 aromatic carbocycles. The molecule has 3 aliphatic rings. The first kappa shape index (κ1) is 16.0. The van der Waals surface area contributed by atoms with E-state index in [0.717, 1.165) is 48.8 Å². The first-order chi connectivity index (χ1) is 12.7. The number of rotatable bonds is 2. The largest absolute Gasteiger partial charge is 0.505 e. The fourth-order valence-corrected chi connectivity index (χ4v) is 4.07. The van der Waals surface area contributed by atoms with Crippen molar-refractivity contribution in [3.63, 3.8) is 0 Å². The van der Waals surface area contributed by atoms with Crippen LogP contribution in [0.3, 0.4) is 0 Å². The van der Waals surface area contributed by atoms with Crippen molar-refractivity contribution in [2.45, 2.75) is 50.5 Å². The second-order valence-electron chi connectivity index (χ2n) is 7.51. The Labute approximate surface area is 152 Å². The Kier molecular flexibility index (Phi) is 3.83. The maximum atomic E-state index is 9.34. The minimum Gasteiger partial charge on any atom is -0.505 e. The highest BCUT2D eigenvalue weighted by Gasteiger charge is 2.42. The lowest BCUT2D eigenvalue weighted by atomic mass is 9.89. The van der Waals surface area contributed by atoms with Crippen molar-refractivity contribution in [3.05, 3.63) is 36.2 Å². The van der Waals surface area contributed by atoms with E-state index in [2.05, 4.69) is 14.9 Å². The molecule has 2 fully saturated rings. The summed E-state index contributed by atoms with van der Waals surface area (Å²) in [4.78, 5) is 10.9. The number of aromatic hydroxyl groups is 1. The number of aromatic nitrogens is 2. The lowest BCUT2D eigenvalue weighted by molar-refractivity contribution is -0.231. The molecule has 1 N–H and O–H groups in total. The summed E-state index contributed by atoms with van der Waals surface area (Å²) in [5, 5.41) is 9.34. The highest BCUT2D eigenvalue weighted by atomic mass is 16.7. The van der Waals surface area contributed by atoms with Crippen molar-refractivity contribution >= 4 is 0 Å². The van der Waals surface area contributed by atoms with Gasteiger partial charge in [0.25, 0.3) is 0 Å². The molecule has 0 unspecified atom stereocenters. The average Bonchev–Trinajstić information content (AvgIpc) is 2.63. The topological polar surface area (TPSA) is 67.7 Å². The summed E-state index contributed by atoms with van der Waals surface area (Å²) in [5.74, 6) is 1.08. The van der Waals surface area contributed by atoms with Crippen LogP contribution in [-0.4, -0.2) is 44.9 Å². The summed E-state index contributed by atoms with van der Waals surface area (Å²) in [6.07, 6.45) is 8.72. The molecule has 26 heavy (non-hydrogen) atoms. The SMILES string of the molecule is Oc1cnc(-c2ccc3c(c2)COC2(CCN(C4CCC4)CC2)O3)nc1. The third kappa shape index (κ3) is 2.83. The number of piperidine rings is 1. The van der Waals surface area contributed by atoms with Crippen LogP contribution in [0.4, 0.5) is 0 Å². The number of hydrogen-bond donors (Lipinski definition) is 1. The van der Waals surface area contributed by atoms with Crippen LogP contribution in [0.25, 0.3) is 11.4 Å². The van der Waals surface area contributed by atoms with Gasteiger partial charge in [0.05, 0.1) is 19.0 Å². The minimum absolute atomic E-state index is 0.0635. The number of fused-ring (bicyclic) bond motifs is 1. The Bertz CT molecular complexity index is 796. The van der Waals surface area contributed by atoms with Crippen LogP contribution in [0.5, 0.6) is 11.5 Å². The molecular weight excluding hydrogens is 330 g/mol. The normalized spacial score (nSPS) is 22.5. The monoisotopic (exact) mass is 353 g/mol. The molecule has 1 aromatic heterocycles. The molecule has 136 valence electrons. The van der Waals surface area contributed by atoms with Crippen LogP contribution in [0, 0.1) is 0 Å². The van der Waals surface area contributed by atoms with E-state index < -0.39 is 5.79 Å². The summed E-state index contributed by atoms with van der Waals surface area (Å²) in [5.41, 5.74) is 1.91. The Balaban J connectivity index is 1.31. The van der Waals surface area contributed by atoms with Gasteiger partial charge in [-0.05, 0) is 31.0 Å². The van der Waals surface area contributed by atoms with Gasteiger partial charge in [0.15, 0.2) is 11.6 Å². The highest BCUT2D eigenvalue weighted by Crippen LogP contribution is 2.40. The number of benzene rings is 1. The Morgan fingerprint density at radius 1 is 1.12 bits per heavy atom. The number of nitrogens with zero attached hydrogens (tertiary/aromatic N) is 3. The average molecular weight is 353 g/mol. The molecule has 6 nitrogen and oxygen atoms in total. The maximum Gasteiger partial charge on any atom is 0.213 e. The Hall–Kier alpha value is -2.18. The zero-order chi connectivity index (χ0) is 17.6. The third-order valence-corrected chi connectivity index (χ3v) is 5.89. The van der Waals surface area contributed by atoms with Gasteiger partial charge in [0.1, 0.15) is 5.75 Å². The quantitative estimate of drug-likeness (QED) is 0.895. The molecule has 3 heterocycles. The number of ether oxygens (including phenoxy) is 2. The fraction of sp³-hybridized carbons (Fsp3) is 0.500. The van der Waals surface area contributed by atoms with Gasteiger partial charge in [-0.15, -0.1) is 0 Å². The molecule has 1 saturated heterocycles. The van der Waals surface area contributed by atoms with E-state index in [1.54, 1.807) is 0 Å². The van der Waals surface area contributed by atoms with Gasteiger partial charge < -0.3 is 14.6 Å². The van der Waals surface area contributed by atoms with Gasteiger partial charge in [0.2, 0.25) is 5.79 Å². The van der Waals surface area contributed by atoms with E-state index in [9.17, 15) is 5.11 Å². The van der Waals surface area contributed by atoms with E-state index in [1.807, 2.05) is 18.2 Å². The first-order valence-corrected chi connectivity index (χ1v) is 9.42. The zero-order valence-electron chi connectivity index (χ0n) is 14.7. The van der Waals surface area contributed by atoms with Crippen LogP contribution in [0.15, 0.2) is 30.6 Å². The molecule has 2 aliphatic heterocycles. The molecular formula is C20H23N3O3. The van der Waals surface area contributed by atoms with Crippen molar-refractivity contribution in [1.82, 2.24) is 14.9 Å². The summed E-state index contributed by atoms with van der Waals surface area (Å²) >= 11 is 0. The third-order valence-electron chi connectivity index (χ3n) is 5.89. The van der Waals surface area contributed by atoms with E-state index in [0.29, 0.717) is 12.4 Å². The van der Waals surface area contributed by atoms with Gasteiger partial charge >= 0.3 is 0 Å². The number of hydrogen-bond acceptors (Lipinski definition) is 6. The highest BCUT2D eigenvalue weighted by molar-refractivity contribution is 5.59. The van der Waals surface area contributed by atoms with Gasteiger partial charge in [-0.3, -0.25) is 4.90 Å². The van der Waals surface area contributed by atoms with Crippen LogP contribution in [0.2, 0.25) is 0 Å². The van der Waals surface area contributed by atoms with E-state index in [1.165, 1.54) is 31.7 Å². The molecule has 1 aliphatic carbocycles. The maximum absolute atomic E-state index is 9.34. The molecule has 1 spiro atoms. The second kappa shape index (κ2) is 6.21. The van der Waals surface area contributed by atoms with E-state index in [4.69, 9.17) is 9.47 Å². The smallest absolute Gasteiger partial charge is 0.213 e. The molecule has 0 bridgehead atoms. The van der Waals surface area contributed by atoms with Crippen molar-refractivity contribution < 1.29 is 14.6 Å². The van der Waals surface area contributed by atoms with Crippen molar-refractivity contribution in [2.24, 2.45) is 0 Å². The van der Waals surface area contributed by atoms with E-state index >= 15 is 0 Å². The first-order valence-electron chi connectivity index (χ1n) is 9.42. The Morgan fingerprint density at radius 2 is 1.88 bits per heavy atom. The summed E-state index contributed by atoms with van der Waals surface area (Å²) in [6, 6.07) is 6.76. The minimum atomic E-state index is -0.468. The van der Waals surface area contributed by atoms with E-state index in [-0.39, 0.29) is 5.75 Å². The van der Waals surface area contributed by atoms with Gasteiger partial charge in [0, 0.05) is 43.1 Å². The van der Waals surface area contributed by atoms with Crippen molar-refractivity contribution in [2.75, 3.05) is 13.1 Å². The lowest BCUT2D eigenvalue weighted by Gasteiger charge is -2.47. The predicted molar refractivity (Wildman–Crippen MR) is 95.7 cm³/mol. The lowest BCUT2D eigenvalue weighted by Crippen LogP contribution is -2.54. The molecule has 0 atom stereocenters. The second-order valence-corrected chi connectivity index (χ2v) is 7.51. The van der Waals surface area contributed by atoms with Crippen LogP contribution in [0.1, 0.15) is 37.7 Å². The van der Waals surface area contributed by atoms with Crippen LogP contribution < -0.4 is 4.74 Å². The summed E-state index contributed by atoms with van der Waals surface area (Å²) in [6.45, 7) is 2.66. The summed E-state index contributed by atoms with van der Waals surface area (Å²) < 4.78 is 12.5. The standard InChI is InChI=1S/C20H23N3O3/c24-17-11-21-19(22-12-17)14-4-5-18-15(10-14)13-25-20(26-18)6-8-23(9-7-20)16-2-1-3-16/h4-5,10-12,16,24H,1-3,6-9,13H2. The van der Waals surface area contributed by atoms with Crippen LogP contribution >= 0.6 is 0 Å². The van der Waals surface area contributed by atoms with Crippen molar-refractivity contribution in [3.8, 4) is 22.9 Å². The van der Waals surface area contributed by atoms with Gasteiger partial charge in [-0.1, -0.05) is 6.42 Å². The fourth-order valence-electron chi connectivity index (χ4n) is 4.07. The molecule has 2 aromatic rings. The molecule has 0 radical (unpaired) electrons. The van der Waals surface area contributed by atoms with Crippen LogP contribution in [-0.2, 0) is 11.3 Å². The van der Waals surface area contributed by atoms with Crippen molar-refractivity contribution in [1.29, 1.82) is 0 Å². The Morgan fingerprint density at radius 3 is 2.58 bits per heavy atom. The zero-order valence-corrected chi connectivity index (χ0v) is 14.7. The van der Waals surface area contributed by atoms with Gasteiger partial charge in [-0.25, -0.2) is 9.97 Å². The molecule has 5 rings (SSSR count).